The second kappa shape index (κ2) is 7.59. The van der Waals surface area contributed by atoms with Crippen LogP contribution in [0.4, 0.5) is 0 Å². The van der Waals surface area contributed by atoms with Crippen molar-refractivity contribution in [2.75, 3.05) is 19.8 Å². The van der Waals surface area contributed by atoms with Crippen LogP contribution in [0, 0.1) is 0 Å². The molecule has 0 bridgehead atoms. The summed E-state index contributed by atoms with van der Waals surface area (Å²) in [4.78, 5) is 11.0. The summed E-state index contributed by atoms with van der Waals surface area (Å²) in [5, 5.41) is 11.3. The molecule has 0 saturated carbocycles. The highest BCUT2D eigenvalue weighted by Crippen LogP contribution is 1.97. The number of hydrogen-bond donors (Lipinski definition) is 2. The van der Waals surface area contributed by atoms with Gasteiger partial charge < -0.3 is 15.1 Å². The van der Waals surface area contributed by atoms with Crippen molar-refractivity contribution in [1.82, 2.24) is 5.32 Å². The van der Waals surface area contributed by atoms with Gasteiger partial charge in [0, 0.05) is 25.3 Å². The molecule has 0 fully saturated rings. The van der Waals surface area contributed by atoms with Crippen LogP contribution >= 0.6 is 0 Å². The molecule has 1 atom stereocenters. The number of aliphatic hydroxyl groups is 1. The maximum absolute atomic E-state index is 11.0. The van der Waals surface area contributed by atoms with Gasteiger partial charge in [0.25, 0.3) is 7.48 Å². The van der Waals surface area contributed by atoms with Gasteiger partial charge in [-0.05, 0) is 12.7 Å². The number of amides is 1. The fourth-order valence-corrected chi connectivity index (χ4v) is 0.650. The predicted molar refractivity (Wildman–Crippen MR) is 56.0 cm³/mol. The van der Waals surface area contributed by atoms with E-state index in [1.165, 1.54) is 0 Å². The van der Waals surface area contributed by atoms with Crippen LogP contribution in [0.5, 0.6) is 0 Å². The second-order valence-electron chi connectivity index (χ2n) is 3.20. The minimum atomic E-state index is -0.163. The topological polar surface area (TPSA) is 58.6 Å². The summed E-state index contributed by atoms with van der Waals surface area (Å²) < 4.78 is 5.09. The van der Waals surface area contributed by atoms with Crippen LogP contribution in [0.1, 0.15) is 13.8 Å². The number of aliphatic hydroxyl groups excluding tert-OH is 1. The quantitative estimate of drug-likeness (QED) is 0.347. The highest BCUT2D eigenvalue weighted by atomic mass is 16.4. The van der Waals surface area contributed by atoms with E-state index < -0.39 is 0 Å². The van der Waals surface area contributed by atoms with Crippen molar-refractivity contribution < 1.29 is 14.6 Å². The van der Waals surface area contributed by atoms with E-state index >= 15 is 0 Å². The lowest BCUT2D eigenvalue weighted by Crippen LogP contribution is -2.28. The molecule has 4 nitrogen and oxygen atoms in total. The normalized spacial score (nSPS) is 11.9. The Labute approximate surface area is 85.6 Å². The van der Waals surface area contributed by atoms with Gasteiger partial charge >= 0.3 is 0 Å². The highest BCUT2D eigenvalue weighted by Gasteiger charge is 2.03. The van der Waals surface area contributed by atoms with Crippen LogP contribution in [-0.4, -0.2) is 38.3 Å². The van der Waals surface area contributed by atoms with E-state index in [2.05, 4.69) is 11.9 Å². The second-order valence-corrected chi connectivity index (χ2v) is 3.20. The van der Waals surface area contributed by atoms with Crippen LogP contribution in [0.2, 0.25) is 5.82 Å². The van der Waals surface area contributed by atoms with E-state index in [-0.39, 0.29) is 18.3 Å². The van der Waals surface area contributed by atoms with Crippen molar-refractivity contribution in [3.8, 4) is 0 Å². The number of rotatable bonds is 7. The van der Waals surface area contributed by atoms with Gasteiger partial charge in [0.15, 0.2) is 0 Å². The molecule has 0 aromatic heterocycles. The van der Waals surface area contributed by atoms with Gasteiger partial charge in [-0.25, -0.2) is 0 Å². The molecule has 2 N–H and O–H groups in total. The van der Waals surface area contributed by atoms with Gasteiger partial charge in [0.05, 0.1) is 0 Å². The molecule has 0 aliphatic heterocycles. The SMILES string of the molecule is C=C(C)C(=O)NCCO[B]C(C)CO. The molecular formula is C9H17BNO3. The fraction of sp³-hybridized carbons (Fsp3) is 0.667. The Hall–Kier alpha value is -0.805. The lowest BCUT2D eigenvalue weighted by Gasteiger charge is -2.07. The van der Waals surface area contributed by atoms with Crippen molar-refractivity contribution in [3.63, 3.8) is 0 Å². The summed E-state index contributed by atoms with van der Waals surface area (Å²) >= 11 is 0. The molecule has 79 valence electrons. The first-order valence-electron chi connectivity index (χ1n) is 4.57. The summed E-state index contributed by atoms with van der Waals surface area (Å²) in [6, 6.07) is 0. The maximum Gasteiger partial charge on any atom is 0.297 e. The molecule has 0 aromatic rings. The van der Waals surface area contributed by atoms with Crippen molar-refractivity contribution in [3.05, 3.63) is 12.2 Å². The molecule has 5 heteroatoms. The van der Waals surface area contributed by atoms with Gasteiger partial charge in [-0.2, -0.15) is 0 Å². The summed E-state index contributed by atoms with van der Waals surface area (Å²) in [5.41, 5.74) is 0.484. The summed E-state index contributed by atoms with van der Waals surface area (Å²) in [5.74, 6) is -0.143. The van der Waals surface area contributed by atoms with Crippen LogP contribution in [0.3, 0.4) is 0 Å². The molecule has 0 rings (SSSR count). The monoisotopic (exact) mass is 198 g/mol. The van der Waals surface area contributed by atoms with Gasteiger partial charge in [-0.15, -0.1) is 0 Å². The molecular weight excluding hydrogens is 181 g/mol. The van der Waals surface area contributed by atoms with Gasteiger partial charge in [-0.1, -0.05) is 13.5 Å². The molecule has 0 saturated heterocycles. The Morgan fingerprint density at radius 3 is 2.86 bits per heavy atom. The number of hydrogen-bond acceptors (Lipinski definition) is 3. The van der Waals surface area contributed by atoms with Crippen LogP contribution < -0.4 is 5.32 Å². The summed E-state index contributed by atoms with van der Waals surface area (Å²) in [7, 11) is 1.56. The van der Waals surface area contributed by atoms with Crippen molar-refractivity contribution in [2.24, 2.45) is 0 Å². The molecule has 0 aromatic carbocycles. The van der Waals surface area contributed by atoms with Gasteiger partial charge in [0.1, 0.15) is 0 Å². The Morgan fingerprint density at radius 2 is 2.36 bits per heavy atom. The van der Waals surface area contributed by atoms with Crippen molar-refractivity contribution in [1.29, 1.82) is 0 Å². The lowest BCUT2D eigenvalue weighted by atomic mass is 9.82. The smallest absolute Gasteiger partial charge is 0.297 e. The Bertz CT molecular complexity index is 196. The van der Waals surface area contributed by atoms with E-state index in [0.29, 0.717) is 18.7 Å². The third-order valence-corrected chi connectivity index (χ3v) is 1.51. The zero-order valence-corrected chi connectivity index (χ0v) is 8.75. The maximum atomic E-state index is 11.0. The molecule has 1 radical (unpaired) electrons. The standard InChI is InChI=1S/C9H17BNO3/c1-7(2)9(13)11-4-5-14-10-8(3)6-12/h8,12H,1,4-6H2,2-3H3,(H,11,13). The first kappa shape index (κ1) is 13.2. The number of carbonyl (C=O) groups is 1. The van der Waals surface area contributed by atoms with E-state index in [4.69, 9.17) is 9.76 Å². The first-order valence-corrected chi connectivity index (χ1v) is 4.57. The largest absolute Gasteiger partial charge is 0.438 e. The third-order valence-electron chi connectivity index (χ3n) is 1.51. The average Bonchev–Trinajstić information content (AvgIpc) is 2.16. The van der Waals surface area contributed by atoms with Crippen LogP contribution in [0.15, 0.2) is 12.2 Å². The Kier molecular flexibility index (Phi) is 7.15. The third kappa shape index (κ3) is 6.68. The lowest BCUT2D eigenvalue weighted by molar-refractivity contribution is -0.117. The highest BCUT2D eigenvalue weighted by molar-refractivity contribution is 6.29. The summed E-state index contributed by atoms with van der Waals surface area (Å²) in [6.07, 6.45) is 0. The van der Waals surface area contributed by atoms with Gasteiger partial charge in [0.2, 0.25) is 5.91 Å². The zero-order valence-electron chi connectivity index (χ0n) is 8.75. The van der Waals surface area contributed by atoms with E-state index in [0.717, 1.165) is 0 Å². The van der Waals surface area contributed by atoms with Gasteiger partial charge in [-0.3, -0.25) is 4.79 Å². The Morgan fingerprint density at radius 1 is 1.71 bits per heavy atom. The minimum Gasteiger partial charge on any atom is -0.438 e. The molecule has 0 heterocycles. The average molecular weight is 198 g/mol. The minimum absolute atomic E-state index is 0.0202. The molecule has 0 aliphatic carbocycles. The molecule has 14 heavy (non-hydrogen) atoms. The van der Waals surface area contributed by atoms with Crippen molar-refractivity contribution >= 4 is 13.4 Å². The predicted octanol–water partition coefficient (Wildman–Crippen LogP) is 0.115. The zero-order chi connectivity index (χ0) is 11.0. The summed E-state index contributed by atoms with van der Waals surface area (Å²) in [6.45, 7) is 7.91. The molecule has 0 aliphatic rings. The van der Waals surface area contributed by atoms with E-state index in [1.807, 2.05) is 6.92 Å². The number of carbonyl (C=O) groups excluding carboxylic acids is 1. The molecule has 0 spiro atoms. The number of nitrogens with one attached hydrogen (secondary N) is 1. The first-order chi connectivity index (χ1) is 6.57. The fourth-order valence-electron chi connectivity index (χ4n) is 0.650. The van der Waals surface area contributed by atoms with Crippen LogP contribution in [-0.2, 0) is 9.45 Å². The van der Waals surface area contributed by atoms with E-state index in [1.54, 1.807) is 14.4 Å². The molecule has 1 unspecified atom stereocenters. The molecule has 1 amide bonds. The van der Waals surface area contributed by atoms with Crippen molar-refractivity contribution in [2.45, 2.75) is 19.7 Å². The van der Waals surface area contributed by atoms with E-state index in [9.17, 15) is 4.79 Å². The van der Waals surface area contributed by atoms with Crippen LogP contribution in [0.25, 0.3) is 0 Å². The Balaban J connectivity index is 3.30.